The molecule has 4 rings (SSSR count). The van der Waals surface area contributed by atoms with Crippen LogP contribution in [0.4, 0.5) is 0 Å². The van der Waals surface area contributed by atoms with Gasteiger partial charge < -0.3 is 9.84 Å². The molecule has 0 bridgehead atoms. The standard InChI is InChI=1S/C17H17ClN4OS/c18-13-4-1-3-12(9-13)14-10-19-6-7-22(14)11-16-20-17(21-23-16)15-5-2-8-24-15/h1-5,8-9,14,19H,6-7,10-11H2. The molecule has 0 amide bonds. The fourth-order valence-electron chi connectivity index (χ4n) is 2.98. The first kappa shape index (κ1) is 15.8. The molecule has 7 heteroatoms. The van der Waals surface area contributed by atoms with Gasteiger partial charge in [-0.15, -0.1) is 11.3 Å². The molecule has 1 unspecified atom stereocenters. The predicted molar refractivity (Wildman–Crippen MR) is 95.1 cm³/mol. The number of aromatic nitrogens is 2. The minimum absolute atomic E-state index is 0.245. The van der Waals surface area contributed by atoms with E-state index in [0.29, 0.717) is 18.3 Å². The van der Waals surface area contributed by atoms with E-state index in [1.54, 1.807) is 11.3 Å². The number of hydrogen-bond acceptors (Lipinski definition) is 6. The lowest BCUT2D eigenvalue weighted by molar-refractivity contribution is 0.135. The first-order valence-corrected chi connectivity index (χ1v) is 9.12. The summed E-state index contributed by atoms with van der Waals surface area (Å²) >= 11 is 7.76. The van der Waals surface area contributed by atoms with Gasteiger partial charge in [0, 0.05) is 30.7 Å². The fraction of sp³-hybridized carbons (Fsp3) is 0.294. The van der Waals surface area contributed by atoms with Gasteiger partial charge in [0.2, 0.25) is 11.7 Å². The average Bonchev–Trinajstić information content (AvgIpc) is 3.26. The minimum Gasteiger partial charge on any atom is -0.338 e. The van der Waals surface area contributed by atoms with E-state index < -0.39 is 0 Å². The smallest absolute Gasteiger partial charge is 0.241 e. The molecule has 124 valence electrons. The zero-order valence-electron chi connectivity index (χ0n) is 13.0. The lowest BCUT2D eigenvalue weighted by atomic mass is 10.0. The maximum absolute atomic E-state index is 6.15. The molecule has 24 heavy (non-hydrogen) atoms. The number of nitrogens with one attached hydrogen (secondary N) is 1. The van der Waals surface area contributed by atoms with Crippen molar-refractivity contribution in [2.45, 2.75) is 12.6 Å². The summed E-state index contributed by atoms with van der Waals surface area (Å²) in [5.74, 6) is 1.31. The van der Waals surface area contributed by atoms with Crippen molar-refractivity contribution in [2.75, 3.05) is 19.6 Å². The van der Waals surface area contributed by atoms with Gasteiger partial charge in [-0.3, -0.25) is 4.90 Å². The van der Waals surface area contributed by atoms with E-state index in [2.05, 4.69) is 26.4 Å². The molecular weight excluding hydrogens is 344 g/mol. The Morgan fingerprint density at radius 3 is 3.12 bits per heavy atom. The van der Waals surface area contributed by atoms with E-state index in [1.807, 2.05) is 35.7 Å². The average molecular weight is 361 g/mol. The van der Waals surface area contributed by atoms with Crippen molar-refractivity contribution in [3.63, 3.8) is 0 Å². The molecular formula is C17H17ClN4OS. The van der Waals surface area contributed by atoms with Gasteiger partial charge in [0.25, 0.3) is 0 Å². The maximum atomic E-state index is 6.15. The topological polar surface area (TPSA) is 54.2 Å². The Labute approximate surface area is 149 Å². The van der Waals surface area contributed by atoms with Gasteiger partial charge >= 0.3 is 0 Å². The summed E-state index contributed by atoms with van der Waals surface area (Å²) in [5.41, 5.74) is 1.20. The molecule has 3 heterocycles. The lowest BCUT2D eigenvalue weighted by Crippen LogP contribution is -2.45. The number of hydrogen-bond donors (Lipinski definition) is 1. The zero-order chi connectivity index (χ0) is 16.4. The summed E-state index contributed by atoms with van der Waals surface area (Å²) in [6.07, 6.45) is 0. The van der Waals surface area contributed by atoms with Gasteiger partial charge in [0.05, 0.1) is 11.4 Å². The maximum Gasteiger partial charge on any atom is 0.241 e. The van der Waals surface area contributed by atoms with Crippen LogP contribution in [0.3, 0.4) is 0 Å². The van der Waals surface area contributed by atoms with E-state index >= 15 is 0 Å². The molecule has 0 saturated carbocycles. The number of piperazine rings is 1. The number of nitrogens with zero attached hydrogens (tertiary/aromatic N) is 3. The van der Waals surface area contributed by atoms with Crippen molar-refractivity contribution in [2.24, 2.45) is 0 Å². The van der Waals surface area contributed by atoms with E-state index in [0.717, 1.165) is 29.5 Å². The first-order valence-electron chi connectivity index (χ1n) is 7.86. The second-order valence-electron chi connectivity index (χ2n) is 5.73. The molecule has 1 aromatic carbocycles. The third-order valence-electron chi connectivity index (χ3n) is 4.14. The Morgan fingerprint density at radius 2 is 2.29 bits per heavy atom. The van der Waals surface area contributed by atoms with Gasteiger partial charge in [-0.1, -0.05) is 35.0 Å². The van der Waals surface area contributed by atoms with Crippen LogP contribution in [-0.2, 0) is 6.54 Å². The van der Waals surface area contributed by atoms with Crippen LogP contribution in [0, 0.1) is 0 Å². The van der Waals surface area contributed by atoms with Crippen molar-refractivity contribution in [1.29, 1.82) is 0 Å². The molecule has 0 spiro atoms. The highest BCUT2D eigenvalue weighted by molar-refractivity contribution is 7.13. The van der Waals surface area contributed by atoms with Crippen LogP contribution in [0.25, 0.3) is 10.7 Å². The van der Waals surface area contributed by atoms with Gasteiger partial charge in [-0.25, -0.2) is 0 Å². The van der Waals surface area contributed by atoms with Crippen molar-refractivity contribution in [3.05, 3.63) is 58.3 Å². The van der Waals surface area contributed by atoms with Crippen molar-refractivity contribution in [1.82, 2.24) is 20.4 Å². The van der Waals surface area contributed by atoms with Gasteiger partial charge in [0.1, 0.15) is 0 Å². The highest BCUT2D eigenvalue weighted by atomic mass is 35.5. The Hall–Kier alpha value is -1.73. The lowest BCUT2D eigenvalue weighted by Gasteiger charge is -2.35. The van der Waals surface area contributed by atoms with E-state index in [-0.39, 0.29) is 6.04 Å². The Morgan fingerprint density at radius 1 is 1.33 bits per heavy atom. The number of thiophene rings is 1. The van der Waals surface area contributed by atoms with Crippen molar-refractivity contribution in [3.8, 4) is 10.7 Å². The van der Waals surface area contributed by atoms with E-state index in [9.17, 15) is 0 Å². The molecule has 3 aromatic rings. The highest BCUT2D eigenvalue weighted by Gasteiger charge is 2.25. The second kappa shape index (κ2) is 7.03. The van der Waals surface area contributed by atoms with E-state index in [4.69, 9.17) is 16.1 Å². The largest absolute Gasteiger partial charge is 0.338 e. The van der Waals surface area contributed by atoms with Crippen LogP contribution in [0.15, 0.2) is 46.3 Å². The highest BCUT2D eigenvalue weighted by Crippen LogP contribution is 2.27. The Balaban J connectivity index is 1.53. The second-order valence-corrected chi connectivity index (χ2v) is 7.12. The van der Waals surface area contributed by atoms with Gasteiger partial charge in [-0.05, 0) is 29.1 Å². The molecule has 0 radical (unpaired) electrons. The third-order valence-corrected chi connectivity index (χ3v) is 5.24. The molecule has 1 atom stereocenters. The van der Waals surface area contributed by atoms with Crippen molar-refractivity contribution >= 4 is 22.9 Å². The zero-order valence-corrected chi connectivity index (χ0v) is 14.6. The van der Waals surface area contributed by atoms with Gasteiger partial charge in [0.15, 0.2) is 0 Å². The molecule has 1 saturated heterocycles. The molecule has 0 aliphatic carbocycles. The summed E-state index contributed by atoms with van der Waals surface area (Å²) in [6, 6.07) is 12.3. The minimum atomic E-state index is 0.245. The summed E-state index contributed by atoms with van der Waals surface area (Å²) in [4.78, 5) is 7.92. The molecule has 1 N–H and O–H groups in total. The quantitative estimate of drug-likeness (QED) is 0.770. The number of halogens is 1. The number of rotatable bonds is 4. The molecule has 5 nitrogen and oxygen atoms in total. The fourth-order valence-corrected chi connectivity index (χ4v) is 3.82. The predicted octanol–water partition coefficient (Wildman–Crippen LogP) is 3.60. The molecule has 1 aliphatic rings. The van der Waals surface area contributed by atoms with Crippen molar-refractivity contribution < 1.29 is 4.52 Å². The SMILES string of the molecule is Clc1cccc(C2CNCCN2Cc2nc(-c3cccs3)no2)c1. The van der Waals surface area contributed by atoms with E-state index in [1.165, 1.54) is 5.56 Å². The summed E-state index contributed by atoms with van der Waals surface area (Å²) in [5, 5.41) is 10.3. The third kappa shape index (κ3) is 3.37. The summed E-state index contributed by atoms with van der Waals surface area (Å²) in [6.45, 7) is 3.39. The molecule has 1 fully saturated rings. The summed E-state index contributed by atoms with van der Waals surface area (Å²) in [7, 11) is 0. The monoisotopic (exact) mass is 360 g/mol. The molecule has 2 aromatic heterocycles. The summed E-state index contributed by atoms with van der Waals surface area (Å²) < 4.78 is 5.46. The van der Waals surface area contributed by atoms with Gasteiger partial charge in [-0.2, -0.15) is 4.98 Å². The van der Waals surface area contributed by atoms with Crippen LogP contribution in [0.1, 0.15) is 17.5 Å². The Bertz CT molecular complexity index is 805. The van der Waals surface area contributed by atoms with Crippen LogP contribution >= 0.6 is 22.9 Å². The van der Waals surface area contributed by atoms with Crippen LogP contribution in [-0.4, -0.2) is 34.7 Å². The normalized spacial score (nSPS) is 18.8. The Kier molecular flexibility index (Phi) is 4.62. The van der Waals surface area contributed by atoms with Crippen LogP contribution in [0.5, 0.6) is 0 Å². The number of benzene rings is 1. The molecule has 1 aliphatic heterocycles. The first-order chi connectivity index (χ1) is 11.8. The van der Waals surface area contributed by atoms with Crippen LogP contribution < -0.4 is 5.32 Å². The van der Waals surface area contributed by atoms with Crippen LogP contribution in [0.2, 0.25) is 5.02 Å².